The Balaban J connectivity index is 1.47. The normalized spacial score (nSPS) is 15.8. The Kier molecular flexibility index (Phi) is 5.93. The van der Waals surface area contributed by atoms with Crippen LogP contribution in [0.5, 0.6) is 0 Å². The summed E-state index contributed by atoms with van der Waals surface area (Å²) in [5, 5.41) is 5.63. The Morgan fingerprint density at radius 1 is 1.10 bits per heavy atom. The molecule has 1 aliphatic heterocycles. The van der Waals surface area contributed by atoms with Crippen molar-refractivity contribution in [3.63, 3.8) is 0 Å². The number of aromatic nitrogens is 2. The predicted octanol–water partition coefficient (Wildman–Crippen LogP) is 3.52. The van der Waals surface area contributed by atoms with Crippen molar-refractivity contribution in [3.05, 3.63) is 46.5 Å². The molecule has 166 valence electrons. The zero-order valence-corrected chi connectivity index (χ0v) is 20.0. The lowest BCUT2D eigenvalue weighted by molar-refractivity contribution is 0.0703. The van der Waals surface area contributed by atoms with E-state index in [1.165, 1.54) is 15.6 Å². The maximum absolute atomic E-state index is 13.1. The molecule has 0 atom stereocenters. The number of thiophene rings is 1. The molecule has 1 aliphatic rings. The largest absolute Gasteiger partial charge is 0.335 e. The molecule has 3 heterocycles. The number of nitrogens with zero attached hydrogens (tertiary/aromatic N) is 4. The molecule has 0 spiro atoms. The van der Waals surface area contributed by atoms with Gasteiger partial charge in [-0.1, -0.05) is 31.5 Å². The number of benzene rings is 1. The lowest BCUT2D eigenvalue weighted by Gasteiger charge is -2.33. The second-order valence-corrected chi connectivity index (χ2v) is 11.5. The maximum Gasteiger partial charge on any atom is 0.264 e. The molecule has 0 saturated carbocycles. The molecular formula is C22H28N4O3S2. The highest BCUT2D eigenvalue weighted by Crippen LogP contribution is 2.30. The summed E-state index contributed by atoms with van der Waals surface area (Å²) in [4.78, 5) is 16.9. The fraction of sp³-hybridized carbons (Fsp3) is 0.455. The Labute approximate surface area is 187 Å². The van der Waals surface area contributed by atoms with E-state index >= 15 is 0 Å². The van der Waals surface area contributed by atoms with Crippen molar-refractivity contribution < 1.29 is 13.2 Å². The van der Waals surface area contributed by atoms with E-state index < -0.39 is 10.0 Å². The number of rotatable bonds is 5. The van der Waals surface area contributed by atoms with Crippen LogP contribution >= 0.6 is 11.3 Å². The van der Waals surface area contributed by atoms with E-state index in [0.29, 0.717) is 41.9 Å². The fourth-order valence-corrected chi connectivity index (χ4v) is 6.40. The highest BCUT2D eigenvalue weighted by Gasteiger charge is 2.31. The van der Waals surface area contributed by atoms with Crippen LogP contribution in [0.4, 0.5) is 0 Å². The van der Waals surface area contributed by atoms with Crippen LogP contribution < -0.4 is 0 Å². The summed E-state index contributed by atoms with van der Waals surface area (Å²) in [5.41, 5.74) is 1.95. The molecule has 1 saturated heterocycles. The smallest absolute Gasteiger partial charge is 0.264 e. The first kappa shape index (κ1) is 22.0. The van der Waals surface area contributed by atoms with Crippen molar-refractivity contribution in [1.29, 1.82) is 0 Å². The molecule has 1 aromatic carbocycles. The fourth-order valence-electron chi connectivity index (χ4n) is 3.83. The summed E-state index contributed by atoms with van der Waals surface area (Å²) in [6, 6.07) is 8.81. The first-order valence-corrected chi connectivity index (χ1v) is 12.8. The molecule has 31 heavy (non-hydrogen) atoms. The topological polar surface area (TPSA) is 75.5 Å². The van der Waals surface area contributed by atoms with Crippen LogP contribution in [0.15, 0.2) is 35.2 Å². The predicted molar refractivity (Wildman–Crippen MR) is 123 cm³/mol. The standard InChI is InChI=1S/C22H28N4O3S2/c1-15(2)14-26-22-19(17(4)23-26)13-20(30-22)21(27)24-9-11-25(12-10-24)31(28,29)18-7-5-16(3)6-8-18/h5-8,13,15H,9-12,14H2,1-4H3. The number of piperazine rings is 1. The van der Waals surface area contributed by atoms with Gasteiger partial charge in [0.25, 0.3) is 5.91 Å². The summed E-state index contributed by atoms with van der Waals surface area (Å²) >= 11 is 1.47. The minimum atomic E-state index is -3.54. The van der Waals surface area contributed by atoms with Gasteiger partial charge in [0.15, 0.2) is 0 Å². The Morgan fingerprint density at radius 3 is 2.35 bits per heavy atom. The molecule has 0 bridgehead atoms. The summed E-state index contributed by atoms with van der Waals surface area (Å²) in [6.45, 7) is 10.4. The zero-order chi connectivity index (χ0) is 22.3. The molecule has 0 N–H and O–H groups in total. The van der Waals surface area contributed by atoms with Crippen molar-refractivity contribution >= 4 is 37.5 Å². The monoisotopic (exact) mass is 460 g/mol. The van der Waals surface area contributed by atoms with Gasteiger partial charge in [0, 0.05) is 38.1 Å². The zero-order valence-electron chi connectivity index (χ0n) is 18.3. The van der Waals surface area contributed by atoms with E-state index in [1.807, 2.05) is 24.6 Å². The van der Waals surface area contributed by atoms with E-state index in [0.717, 1.165) is 28.0 Å². The van der Waals surface area contributed by atoms with Gasteiger partial charge in [0.2, 0.25) is 10.0 Å². The number of hydrogen-bond acceptors (Lipinski definition) is 5. The minimum absolute atomic E-state index is 0.0379. The van der Waals surface area contributed by atoms with Gasteiger partial charge in [0.05, 0.1) is 15.5 Å². The number of aryl methyl sites for hydroxylation is 2. The lowest BCUT2D eigenvalue weighted by Crippen LogP contribution is -2.50. The van der Waals surface area contributed by atoms with Gasteiger partial charge in [0.1, 0.15) is 4.83 Å². The highest BCUT2D eigenvalue weighted by atomic mass is 32.2. The van der Waals surface area contributed by atoms with Gasteiger partial charge in [-0.15, -0.1) is 11.3 Å². The number of hydrogen-bond donors (Lipinski definition) is 0. The van der Waals surface area contributed by atoms with E-state index in [4.69, 9.17) is 0 Å². The third-order valence-electron chi connectivity index (χ3n) is 5.54. The van der Waals surface area contributed by atoms with Crippen LogP contribution in [-0.2, 0) is 16.6 Å². The Hall–Kier alpha value is -2.23. The summed E-state index contributed by atoms with van der Waals surface area (Å²) in [5.74, 6) is 0.427. The molecule has 3 aromatic rings. The molecule has 1 fully saturated rings. The van der Waals surface area contributed by atoms with Crippen molar-refractivity contribution in [3.8, 4) is 0 Å². The summed E-state index contributed by atoms with van der Waals surface area (Å²) in [6.07, 6.45) is 0. The molecule has 1 amide bonds. The van der Waals surface area contributed by atoms with Crippen molar-refractivity contribution in [2.45, 2.75) is 39.1 Å². The van der Waals surface area contributed by atoms with Gasteiger partial charge < -0.3 is 4.90 Å². The van der Waals surface area contributed by atoms with E-state index in [2.05, 4.69) is 18.9 Å². The number of amides is 1. The first-order chi connectivity index (χ1) is 14.7. The molecule has 7 nitrogen and oxygen atoms in total. The Morgan fingerprint density at radius 2 is 1.74 bits per heavy atom. The van der Waals surface area contributed by atoms with E-state index in [-0.39, 0.29) is 5.91 Å². The third-order valence-corrected chi connectivity index (χ3v) is 8.59. The quantitative estimate of drug-likeness (QED) is 0.584. The van der Waals surface area contributed by atoms with Gasteiger partial charge in [-0.3, -0.25) is 9.48 Å². The van der Waals surface area contributed by atoms with E-state index in [1.54, 1.807) is 29.2 Å². The van der Waals surface area contributed by atoms with Gasteiger partial charge in [-0.05, 0) is 38.0 Å². The number of fused-ring (bicyclic) bond motifs is 1. The van der Waals surface area contributed by atoms with Crippen molar-refractivity contribution in [1.82, 2.24) is 19.0 Å². The first-order valence-electron chi connectivity index (χ1n) is 10.5. The van der Waals surface area contributed by atoms with Crippen LogP contribution in [0, 0.1) is 19.8 Å². The molecular weight excluding hydrogens is 432 g/mol. The highest BCUT2D eigenvalue weighted by molar-refractivity contribution is 7.89. The maximum atomic E-state index is 13.1. The van der Waals surface area contributed by atoms with Crippen LogP contribution in [0.2, 0.25) is 0 Å². The second-order valence-electron chi connectivity index (χ2n) is 8.50. The van der Waals surface area contributed by atoms with E-state index in [9.17, 15) is 13.2 Å². The number of sulfonamides is 1. The SMILES string of the molecule is Cc1ccc(S(=O)(=O)N2CCN(C(=O)c3cc4c(C)nn(CC(C)C)c4s3)CC2)cc1. The van der Waals surface area contributed by atoms with Crippen LogP contribution in [-0.4, -0.2) is 59.5 Å². The molecule has 4 rings (SSSR count). The second kappa shape index (κ2) is 8.37. The average Bonchev–Trinajstić information content (AvgIpc) is 3.29. The molecule has 2 aromatic heterocycles. The molecule has 0 aliphatic carbocycles. The Bertz CT molecular complexity index is 1200. The van der Waals surface area contributed by atoms with Crippen LogP contribution in [0.3, 0.4) is 0 Å². The van der Waals surface area contributed by atoms with Crippen molar-refractivity contribution in [2.24, 2.45) is 5.92 Å². The van der Waals surface area contributed by atoms with Gasteiger partial charge in [-0.2, -0.15) is 9.40 Å². The minimum Gasteiger partial charge on any atom is -0.335 e. The van der Waals surface area contributed by atoms with Crippen LogP contribution in [0.25, 0.3) is 10.2 Å². The third kappa shape index (κ3) is 4.26. The summed E-state index contributed by atoms with van der Waals surface area (Å²) < 4.78 is 29.3. The van der Waals surface area contributed by atoms with Crippen LogP contribution in [0.1, 0.15) is 34.8 Å². The molecule has 0 unspecified atom stereocenters. The number of carbonyl (C=O) groups is 1. The van der Waals surface area contributed by atoms with Crippen molar-refractivity contribution in [2.75, 3.05) is 26.2 Å². The summed E-state index contributed by atoms with van der Waals surface area (Å²) in [7, 11) is -3.54. The molecule has 0 radical (unpaired) electrons. The number of carbonyl (C=O) groups excluding carboxylic acids is 1. The van der Waals surface area contributed by atoms with Gasteiger partial charge >= 0.3 is 0 Å². The van der Waals surface area contributed by atoms with Gasteiger partial charge in [-0.25, -0.2) is 8.42 Å². The average molecular weight is 461 g/mol. The molecule has 9 heteroatoms. The lowest BCUT2D eigenvalue weighted by atomic mass is 10.2.